The van der Waals surface area contributed by atoms with E-state index in [1.807, 2.05) is 23.9 Å². The molecule has 2 N–H and O–H groups in total. The predicted molar refractivity (Wildman–Crippen MR) is 70.5 cm³/mol. The Labute approximate surface area is 104 Å². The number of benzene rings is 1. The topological polar surface area (TPSA) is 32.3 Å². The smallest absolute Gasteiger partial charge is 0.129 e. The molecule has 0 spiro atoms. The number of phenolic OH excluding ortho intramolecular Hbond substituents is 1. The number of halogens is 1. The summed E-state index contributed by atoms with van der Waals surface area (Å²) in [6.45, 7) is 1.90. The Bertz CT molecular complexity index is 307. The Morgan fingerprint density at radius 2 is 2.27 bits per heavy atom. The highest BCUT2D eigenvalue weighted by Gasteiger charge is 1.98. The first-order valence-corrected chi connectivity index (χ1v) is 7.10. The van der Waals surface area contributed by atoms with Gasteiger partial charge < -0.3 is 10.4 Å². The molecule has 0 atom stereocenters. The Morgan fingerprint density at radius 3 is 2.93 bits per heavy atom. The molecular formula is C11H16BrNOS. The van der Waals surface area contributed by atoms with Gasteiger partial charge in [-0.1, -0.05) is 6.07 Å². The Balaban J connectivity index is 2.28. The van der Waals surface area contributed by atoms with Gasteiger partial charge in [-0.3, -0.25) is 0 Å². The van der Waals surface area contributed by atoms with Crippen molar-refractivity contribution in [1.29, 1.82) is 0 Å². The molecule has 1 rings (SSSR count). The van der Waals surface area contributed by atoms with Crippen molar-refractivity contribution in [3.05, 3.63) is 28.2 Å². The maximum absolute atomic E-state index is 9.32. The fourth-order valence-corrected chi connectivity index (χ4v) is 2.09. The van der Waals surface area contributed by atoms with E-state index in [0.717, 1.165) is 17.6 Å². The summed E-state index contributed by atoms with van der Waals surface area (Å²) in [6.07, 6.45) is 3.32. The lowest BCUT2D eigenvalue weighted by atomic mass is 10.2. The molecular weight excluding hydrogens is 274 g/mol. The monoisotopic (exact) mass is 289 g/mol. The van der Waals surface area contributed by atoms with E-state index in [4.69, 9.17) is 0 Å². The first-order valence-electron chi connectivity index (χ1n) is 4.91. The molecule has 0 unspecified atom stereocenters. The number of phenols is 1. The molecule has 0 radical (unpaired) electrons. The van der Waals surface area contributed by atoms with Gasteiger partial charge in [0, 0.05) is 6.54 Å². The summed E-state index contributed by atoms with van der Waals surface area (Å²) >= 11 is 5.17. The van der Waals surface area contributed by atoms with Crippen LogP contribution in [0, 0.1) is 0 Å². The normalized spacial score (nSPS) is 10.5. The molecule has 0 aliphatic heterocycles. The lowest BCUT2D eigenvalue weighted by Crippen LogP contribution is -2.15. The zero-order valence-electron chi connectivity index (χ0n) is 8.79. The molecule has 0 fully saturated rings. The Kier molecular flexibility index (Phi) is 6.13. The van der Waals surface area contributed by atoms with Gasteiger partial charge in [0.1, 0.15) is 5.75 Å². The summed E-state index contributed by atoms with van der Waals surface area (Å²) in [4.78, 5) is 0. The zero-order chi connectivity index (χ0) is 11.1. The van der Waals surface area contributed by atoms with Gasteiger partial charge in [-0.05, 0) is 58.6 Å². The highest BCUT2D eigenvalue weighted by Crippen LogP contribution is 2.24. The van der Waals surface area contributed by atoms with Crippen molar-refractivity contribution in [3.63, 3.8) is 0 Å². The minimum absolute atomic E-state index is 0.293. The third kappa shape index (κ3) is 4.91. The molecule has 84 valence electrons. The quantitative estimate of drug-likeness (QED) is 0.790. The van der Waals surface area contributed by atoms with E-state index in [1.54, 1.807) is 6.07 Å². The molecule has 0 aliphatic rings. The molecule has 0 saturated carbocycles. The van der Waals surface area contributed by atoms with Crippen LogP contribution in [-0.2, 0) is 6.54 Å². The first-order chi connectivity index (χ1) is 7.24. The van der Waals surface area contributed by atoms with Crippen LogP contribution in [0.3, 0.4) is 0 Å². The van der Waals surface area contributed by atoms with E-state index in [-0.39, 0.29) is 0 Å². The van der Waals surface area contributed by atoms with E-state index in [1.165, 1.54) is 17.7 Å². The summed E-state index contributed by atoms with van der Waals surface area (Å²) in [6, 6.07) is 5.58. The molecule has 0 aliphatic carbocycles. The Hall–Kier alpha value is -0.190. The average Bonchev–Trinajstić information content (AvgIpc) is 2.23. The minimum Gasteiger partial charge on any atom is -0.507 e. The van der Waals surface area contributed by atoms with Crippen LogP contribution in [0.15, 0.2) is 22.7 Å². The summed E-state index contributed by atoms with van der Waals surface area (Å²) in [5.41, 5.74) is 1.18. The SMILES string of the molecule is CSCCCNCc1ccc(O)c(Br)c1. The summed E-state index contributed by atoms with van der Waals surface area (Å²) in [7, 11) is 0. The maximum Gasteiger partial charge on any atom is 0.129 e. The van der Waals surface area contributed by atoms with Crippen molar-refractivity contribution in [1.82, 2.24) is 5.32 Å². The largest absolute Gasteiger partial charge is 0.507 e. The molecule has 2 nitrogen and oxygen atoms in total. The fourth-order valence-electron chi connectivity index (χ4n) is 1.23. The molecule has 0 bridgehead atoms. The number of hydrogen-bond acceptors (Lipinski definition) is 3. The lowest BCUT2D eigenvalue weighted by molar-refractivity contribution is 0.471. The number of thioether (sulfide) groups is 1. The second-order valence-corrected chi connectivity index (χ2v) is 5.15. The van der Waals surface area contributed by atoms with Gasteiger partial charge in [0.2, 0.25) is 0 Å². The van der Waals surface area contributed by atoms with Crippen molar-refractivity contribution in [3.8, 4) is 5.75 Å². The van der Waals surface area contributed by atoms with E-state index < -0.39 is 0 Å². The van der Waals surface area contributed by atoms with Crippen LogP contribution in [0.2, 0.25) is 0 Å². The molecule has 0 amide bonds. The average molecular weight is 290 g/mol. The summed E-state index contributed by atoms with van der Waals surface area (Å²) < 4.78 is 0.755. The fraction of sp³-hybridized carbons (Fsp3) is 0.455. The molecule has 4 heteroatoms. The third-order valence-corrected chi connectivity index (χ3v) is 3.38. The first kappa shape index (κ1) is 12.9. The highest BCUT2D eigenvalue weighted by atomic mass is 79.9. The molecule has 1 aromatic rings. The standard InChI is InChI=1S/C11H16BrNOS/c1-15-6-2-5-13-8-9-3-4-11(14)10(12)7-9/h3-4,7,13-14H,2,5-6,8H2,1H3. The lowest BCUT2D eigenvalue weighted by Gasteiger charge is -2.05. The van der Waals surface area contributed by atoms with Crippen LogP contribution in [0.1, 0.15) is 12.0 Å². The van der Waals surface area contributed by atoms with Gasteiger partial charge in [0.15, 0.2) is 0 Å². The maximum atomic E-state index is 9.32. The zero-order valence-corrected chi connectivity index (χ0v) is 11.2. The van der Waals surface area contributed by atoms with E-state index >= 15 is 0 Å². The van der Waals surface area contributed by atoms with Gasteiger partial charge >= 0.3 is 0 Å². The minimum atomic E-state index is 0.293. The molecule has 1 aromatic carbocycles. The summed E-state index contributed by atoms with van der Waals surface area (Å²) in [5.74, 6) is 1.49. The number of nitrogens with one attached hydrogen (secondary N) is 1. The van der Waals surface area contributed by atoms with Crippen LogP contribution in [-0.4, -0.2) is 23.7 Å². The van der Waals surface area contributed by atoms with Gasteiger partial charge in [0.05, 0.1) is 4.47 Å². The number of hydrogen-bond donors (Lipinski definition) is 2. The van der Waals surface area contributed by atoms with Crippen LogP contribution >= 0.6 is 27.7 Å². The van der Waals surface area contributed by atoms with Gasteiger partial charge in [-0.2, -0.15) is 11.8 Å². The predicted octanol–water partition coefficient (Wildman–Crippen LogP) is 3.00. The number of rotatable bonds is 6. The molecule has 0 heterocycles. The second-order valence-electron chi connectivity index (χ2n) is 3.31. The molecule has 0 saturated heterocycles. The highest BCUT2D eigenvalue weighted by molar-refractivity contribution is 9.10. The van der Waals surface area contributed by atoms with Crippen molar-refractivity contribution < 1.29 is 5.11 Å². The van der Waals surface area contributed by atoms with Crippen LogP contribution < -0.4 is 5.32 Å². The van der Waals surface area contributed by atoms with Crippen molar-refractivity contribution in [2.75, 3.05) is 18.6 Å². The van der Waals surface area contributed by atoms with Gasteiger partial charge in [0.25, 0.3) is 0 Å². The van der Waals surface area contributed by atoms with Crippen molar-refractivity contribution in [2.24, 2.45) is 0 Å². The molecule has 0 aromatic heterocycles. The van der Waals surface area contributed by atoms with Crippen molar-refractivity contribution in [2.45, 2.75) is 13.0 Å². The third-order valence-electron chi connectivity index (χ3n) is 2.04. The van der Waals surface area contributed by atoms with Gasteiger partial charge in [-0.25, -0.2) is 0 Å². The van der Waals surface area contributed by atoms with E-state index in [9.17, 15) is 5.11 Å². The Morgan fingerprint density at radius 1 is 1.47 bits per heavy atom. The van der Waals surface area contributed by atoms with E-state index in [0.29, 0.717) is 5.75 Å². The summed E-state index contributed by atoms with van der Waals surface area (Å²) in [5, 5.41) is 12.7. The molecule has 15 heavy (non-hydrogen) atoms. The second kappa shape index (κ2) is 7.14. The van der Waals surface area contributed by atoms with Crippen LogP contribution in [0.4, 0.5) is 0 Å². The van der Waals surface area contributed by atoms with Gasteiger partial charge in [-0.15, -0.1) is 0 Å². The van der Waals surface area contributed by atoms with Crippen LogP contribution in [0.5, 0.6) is 5.75 Å². The van der Waals surface area contributed by atoms with Crippen molar-refractivity contribution >= 4 is 27.7 Å². The number of aromatic hydroxyl groups is 1. The van der Waals surface area contributed by atoms with Crippen LogP contribution in [0.25, 0.3) is 0 Å². The van der Waals surface area contributed by atoms with E-state index in [2.05, 4.69) is 27.5 Å².